The van der Waals surface area contributed by atoms with Crippen LogP contribution in [0.25, 0.3) is 0 Å². The van der Waals surface area contributed by atoms with E-state index in [4.69, 9.17) is 5.11 Å². The third kappa shape index (κ3) is 3.20. The molecule has 17 heavy (non-hydrogen) atoms. The van der Waals surface area contributed by atoms with Crippen LogP contribution in [0, 0.1) is 23.2 Å². The first kappa shape index (κ1) is 14.0. The van der Waals surface area contributed by atoms with Crippen LogP contribution >= 0.6 is 0 Å². The molecular formula is C13H23NO3. The number of hydrogen-bond donors (Lipinski definition) is 2. The summed E-state index contributed by atoms with van der Waals surface area (Å²) in [5, 5.41) is 11.8. The van der Waals surface area contributed by atoms with Crippen molar-refractivity contribution in [3.63, 3.8) is 0 Å². The minimum absolute atomic E-state index is 0.105. The van der Waals surface area contributed by atoms with Gasteiger partial charge in [-0.25, -0.2) is 0 Å². The van der Waals surface area contributed by atoms with Crippen molar-refractivity contribution >= 4 is 11.9 Å². The Kier molecular flexibility index (Phi) is 4.17. The average molecular weight is 241 g/mol. The lowest BCUT2D eigenvalue weighted by Crippen LogP contribution is -2.28. The summed E-state index contributed by atoms with van der Waals surface area (Å²) < 4.78 is 0. The fourth-order valence-electron chi connectivity index (χ4n) is 2.42. The van der Waals surface area contributed by atoms with Crippen molar-refractivity contribution in [2.75, 3.05) is 6.54 Å². The lowest BCUT2D eigenvalue weighted by Gasteiger charge is -2.07. The van der Waals surface area contributed by atoms with E-state index in [2.05, 4.69) is 19.2 Å². The zero-order valence-electron chi connectivity index (χ0n) is 11.1. The van der Waals surface area contributed by atoms with E-state index >= 15 is 0 Å². The summed E-state index contributed by atoms with van der Waals surface area (Å²) in [5.74, 6) is -1.22. The molecule has 1 amide bonds. The zero-order valence-corrected chi connectivity index (χ0v) is 11.1. The van der Waals surface area contributed by atoms with Crippen LogP contribution in [-0.2, 0) is 9.59 Å². The molecule has 0 radical (unpaired) electrons. The van der Waals surface area contributed by atoms with Crippen LogP contribution < -0.4 is 5.32 Å². The molecule has 2 atom stereocenters. The molecule has 4 heteroatoms. The molecule has 1 rings (SSSR count). The van der Waals surface area contributed by atoms with Gasteiger partial charge in [0.1, 0.15) is 0 Å². The second-order valence-corrected chi connectivity index (χ2v) is 5.94. The van der Waals surface area contributed by atoms with Gasteiger partial charge in [0.05, 0.1) is 11.8 Å². The standard InChI is InChI=1S/C13H23NO3/c1-8(2)6-5-7-14-11(15)9-10(12(16)17)13(9,3)4/h8-10H,5-7H2,1-4H3,(H,14,15)(H,16,17)/t9-,10+/m1/s1. The van der Waals surface area contributed by atoms with Crippen molar-refractivity contribution in [2.45, 2.75) is 40.5 Å². The molecular weight excluding hydrogens is 218 g/mol. The minimum Gasteiger partial charge on any atom is -0.481 e. The van der Waals surface area contributed by atoms with Gasteiger partial charge in [0.15, 0.2) is 0 Å². The molecule has 0 spiro atoms. The average Bonchev–Trinajstić information content (AvgIpc) is 2.76. The minimum atomic E-state index is -0.864. The number of aliphatic carboxylic acids is 1. The molecule has 1 aliphatic carbocycles. The Labute approximate surface area is 103 Å². The highest BCUT2D eigenvalue weighted by atomic mass is 16.4. The number of rotatable bonds is 6. The fraction of sp³-hybridized carbons (Fsp3) is 0.846. The number of carbonyl (C=O) groups is 2. The quantitative estimate of drug-likeness (QED) is 0.698. The summed E-state index contributed by atoms with van der Waals surface area (Å²) in [4.78, 5) is 22.7. The van der Waals surface area contributed by atoms with Crippen LogP contribution in [0.15, 0.2) is 0 Å². The Morgan fingerprint density at radius 1 is 1.29 bits per heavy atom. The SMILES string of the molecule is CC(C)CCCNC(=O)[C@H]1[C@@H](C(=O)O)C1(C)C. The summed E-state index contributed by atoms with van der Waals surface area (Å²) >= 11 is 0. The van der Waals surface area contributed by atoms with Gasteiger partial charge in [-0.05, 0) is 24.2 Å². The molecule has 0 heterocycles. The summed E-state index contributed by atoms with van der Waals surface area (Å²) in [6.45, 7) is 8.61. The number of hydrogen-bond acceptors (Lipinski definition) is 2. The van der Waals surface area contributed by atoms with E-state index in [0.717, 1.165) is 12.8 Å². The van der Waals surface area contributed by atoms with Crippen molar-refractivity contribution < 1.29 is 14.7 Å². The number of carboxylic acids is 1. The Balaban J connectivity index is 2.33. The Morgan fingerprint density at radius 2 is 1.88 bits per heavy atom. The van der Waals surface area contributed by atoms with E-state index in [9.17, 15) is 9.59 Å². The molecule has 1 fully saturated rings. The maximum atomic E-state index is 11.8. The van der Waals surface area contributed by atoms with E-state index < -0.39 is 17.3 Å². The molecule has 0 unspecified atom stereocenters. The Bertz CT molecular complexity index is 310. The number of nitrogens with one attached hydrogen (secondary N) is 1. The first-order valence-electron chi connectivity index (χ1n) is 6.29. The monoisotopic (exact) mass is 241 g/mol. The fourth-order valence-corrected chi connectivity index (χ4v) is 2.42. The van der Waals surface area contributed by atoms with Crippen molar-refractivity contribution in [2.24, 2.45) is 23.2 Å². The number of amides is 1. The van der Waals surface area contributed by atoms with Crippen LogP contribution in [-0.4, -0.2) is 23.5 Å². The summed E-state index contributed by atoms with van der Waals surface area (Å²) in [6, 6.07) is 0. The lowest BCUT2D eigenvalue weighted by atomic mass is 10.1. The van der Waals surface area contributed by atoms with Crippen LogP contribution in [0.5, 0.6) is 0 Å². The third-order valence-corrected chi connectivity index (χ3v) is 3.63. The summed E-state index contributed by atoms with van der Waals surface area (Å²) in [7, 11) is 0. The molecule has 0 saturated heterocycles. The second-order valence-electron chi connectivity index (χ2n) is 5.94. The van der Waals surface area contributed by atoms with Gasteiger partial charge in [0.25, 0.3) is 0 Å². The first-order valence-corrected chi connectivity index (χ1v) is 6.29. The first-order chi connectivity index (χ1) is 7.78. The number of carbonyl (C=O) groups excluding carboxylic acids is 1. The molecule has 1 saturated carbocycles. The predicted molar refractivity (Wildman–Crippen MR) is 65.5 cm³/mol. The van der Waals surface area contributed by atoms with Crippen molar-refractivity contribution in [1.29, 1.82) is 0 Å². The van der Waals surface area contributed by atoms with Crippen LogP contribution in [0.3, 0.4) is 0 Å². The largest absolute Gasteiger partial charge is 0.481 e. The van der Waals surface area contributed by atoms with Crippen LogP contribution in [0.4, 0.5) is 0 Å². The van der Waals surface area contributed by atoms with E-state index in [1.807, 2.05) is 13.8 Å². The maximum absolute atomic E-state index is 11.8. The third-order valence-electron chi connectivity index (χ3n) is 3.63. The molecule has 4 nitrogen and oxygen atoms in total. The Hall–Kier alpha value is -1.06. The highest BCUT2D eigenvalue weighted by Crippen LogP contribution is 2.58. The van der Waals surface area contributed by atoms with Gasteiger partial charge in [0, 0.05) is 6.54 Å². The normalized spacial score (nSPS) is 25.7. The molecule has 0 aliphatic heterocycles. The molecule has 98 valence electrons. The highest BCUT2D eigenvalue weighted by Gasteiger charge is 2.65. The number of carboxylic acid groups (broad SMARTS) is 1. The Morgan fingerprint density at radius 3 is 2.29 bits per heavy atom. The second kappa shape index (κ2) is 5.07. The molecule has 0 aromatic rings. The van der Waals surface area contributed by atoms with E-state index in [0.29, 0.717) is 12.5 Å². The van der Waals surface area contributed by atoms with Gasteiger partial charge >= 0.3 is 5.97 Å². The predicted octanol–water partition coefficient (Wildman–Crippen LogP) is 1.90. The van der Waals surface area contributed by atoms with Crippen molar-refractivity contribution in [3.8, 4) is 0 Å². The van der Waals surface area contributed by atoms with E-state index in [1.165, 1.54) is 0 Å². The van der Waals surface area contributed by atoms with Crippen LogP contribution in [0.1, 0.15) is 40.5 Å². The topological polar surface area (TPSA) is 66.4 Å². The smallest absolute Gasteiger partial charge is 0.307 e. The molecule has 0 aromatic heterocycles. The molecule has 2 N–H and O–H groups in total. The van der Waals surface area contributed by atoms with Crippen LogP contribution in [0.2, 0.25) is 0 Å². The zero-order chi connectivity index (χ0) is 13.2. The lowest BCUT2D eigenvalue weighted by molar-refractivity contribution is -0.140. The van der Waals surface area contributed by atoms with Crippen molar-refractivity contribution in [1.82, 2.24) is 5.32 Å². The van der Waals surface area contributed by atoms with E-state index in [-0.39, 0.29) is 11.8 Å². The van der Waals surface area contributed by atoms with Crippen molar-refractivity contribution in [3.05, 3.63) is 0 Å². The maximum Gasteiger partial charge on any atom is 0.307 e. The van der Waals surface area contributed by atoms with Gasteiger partial charge < -0.3 is 10.4 Å². The molecule has 1 aliphatic rings. The van der Waals surface area contributed by atoms with Gasteiger partial charge in [0.2, 0.25) is 5.91 Å². The van der Waals surface area contributed by atoms with Gasteiger partial charge in [-0.3, -0.25) is 9.59 Å². The summed E-state index contributed by atoms with van der Waals surface area (Å²) in [6.07, 6.45) is 2.03. The molecule has 0 bridgehead atoms. The van der Waals surface area contributed by atoms with Gasteiger partial charge in [-0.1, -0.05) is 27.7 Å². The van der Waals surface area contributed by atoms with Gasteiger partial charge in [-0.15, -0.1) is 0 Å². The summed E-state index contributed by atoms with van der Waals surface area (Å²) in [5.41, 5.74) is -0.395. The highest BCUT2D eigenvalue weighted by molar-refractivity contribution is 5.91. The van der Waals surface area contributed by atoms with Gasteiger partial charge in [-0.2, -0.15) is 0 Å². The van der Waals surface area contributed by atoms with E-state index in [1.54, 1.807) is 0 Å². The molecule has 0 aromatic carbocycles.